The monoisotopic (exact) mass is 259 g/mol. The molecule has 0 aliphatic carbocycles. The van der Waals surface area contributed by atoms with Gasteiger partial charge in [-0.05, 0) is 22.4 Å². The first kappa shape index (κ1) is 14.0. The van der Waals surface area contributed by atoms with Gasteiger partial charge in [0.15, 0.2) is 0 Å². The zero-order valence-corrected chi connectivity index (χ0v) is 11.9. The Hall–Kier alpha value is -1.45. The van der Waals surface area contributed by atoms with Gasteiger partial charge in [0.05, 0.1) is 6.10 Å². The molecule has 0 fully saturated rings. The molecular weight excluding hydrogens is 238 g/mol. The number of hydrogen-bond acceptors (Lipinski definition) is 3. The Morgan fingerprint density at radius 3 is 2.58 bits per heavy atom. The predicted molar refractivity (Wildman–Crippen MR) is 77.0 cm³/mol. The molecule has 0 aliphatic heterocycles. The molecule has 2 unspecified atom stereocenters. The van der Waals surface area contributed by atoms with Crippen molar-refractivity contribution in [1.29, 1.82) is 0 Å². The van der Waals surface area contributed by atoms with Crippen LogP contribution in [0.3, 0.4) is 0 Å². The Morgan fingerprint density at radius 2 is 1.95 bits per heavy atom. The van der Waals surface area contributed by atoms with Crippen LogP contribution < -0.4 is 0 Å². The highest BCUT2D eigenvalue weighted by atomic mass is 16.5. The third-order valence-corrected chi connectivity index (χ3v) is 3.43. The van der Waals surface area contributed by atoms with Crippen molar-refractivity contribution in [3.8, 4) is 0 Å². The Morgan fingerprint density at radius 1 is 1.21 bits per heavy atom. The van der Waals surface area contributed by atoms with Gasteiger partial charge < -0.3 is 9.84 Å². The second kappa shape index (κ2) is 5.27. The molecule has 0 spiro atoms. The molecule has 0 saturated heterocycles. The lowest BCUT2D eigenvalue weighted by atomic mass is 9.82. The number of ether oxygens (including phenoxy) is 1. The summed E-state index contributed by atoms with van der Waals surface area (Å²) in [7, 11) is 1.64. The van der Waals surface area contributed by atoms with Crippen LogP contribution in [0, 0.1) is 5.41 Å². The van der Waals surface area contributed by atoms with E-state index >= 15 is 0 Å². The number of hydrogen-bond donors (Lipinski definition) is 1. The number of methoxy groups -OCH3 is 1. The van der Waals surface area contributed by atoms with Crippen LogP contribution in [-0.2, 0) is 4.74 Å². The largest absolute Gasteiger partial charge is 0.386 e. The lowest BCUT2D eigenvalue weighted by molar-refractivity contribution is -0.0718. The summed E-state index contributed by atoms with van der Waals surface area (Å²) in [5.74, 6) is 0. The maximum atomic E-state index is 10.7. The van der Waals surface area contributed by atoms with Crippen molar-refractivity contribution in [2.75, 3.05) is 7.11 Å². The Balaban J connectivity index is 2.49. The minimum atomic E-state index is -0.656. The maximum absolute atomic E-state index is 10.7. The number of aliphatic hydroxyl groups is 1. The molecule has 3 heteroatoms. The molecule has 2 aromatic rings. The summed E-state index contributed by atoms with van der Waals surface area (Å²) in [6.07, 6.45) is 2.64. The van der Waals surface area contributed by atoms with E-state index in [9.17, 15) is 5.11 Å². The second-order valence-electron chi connectivity index (χ2n) is 5.91. The van der Waals surface area contributed by atoms with Crippen LogP contribution in [0.4, 0.5) is 0 Å². The van der Waals surface area contributed by atoms with Gasteiger partial charge in [0, 0.05) is 24.9 Å². The number of aromatic nitrogens is 1. The first-order valence-corrected chi connectivity index (χ1v) is 6.48. The molecule has 0 saturated carbocycles. The summed E-state index contributed by atoms with van der Waals surface area (Å²) in [5, 5.41) is 12.7. The standard InChI is InChI=1S/C16H21NO2/c1-16(2,3)15(19-4)14(18)13-7-5-6-11-10-17-9-8-12(11)13/h5-10,14-15,18H,1-4H3. The summed E-state index contributed by atoms with van der Waals surface area (Å²) in [4.78, 5) is 4.11. The van der Waals surface area contributed by atoms with Gasteiger partial charge in [-0.3, -0.25) is 4.98 Å². The Kier molecular flexibility index (Phi) is 3.88. The Bertz CT molecular complexity index is 555. The van der Waals surface area contributed by atoms with Gasteiger partial charge >= 0.3 is 0 Å². The molecule has 0 amide bonds. The minimum absolute atomic E-state index is 0.136. The molecule has 1 heterocycles. The van der Waals surface area contributed by atoms with E-state index in [-0.39, 0.29) is 11.5 Å². The van der Waals surface area contributed by atoms with E-state index in [0.29, 0.717) is 0 Å². The predicted octanol–water partition coefficient (Wildman–Crippen LogP) is 3.33. The summed E-state index contributed by atoms with van der Waals surface area (Å²) in [5.41, 5.74) is 0.755. The molecule has 1 aromatic heterocycles. The molecule has 2 atom stereocenters. The number of pyridine rings is 1. The Labute approximate surface area is 114 Å². The zero-order chi connectivity index (χ0) is 14.0. The van der Waals surface area contributed by atoms with Crippen LogP contribution in [0.25, 0.3) is 10.8 Å². The van der Waals surface area contributed by atoms with E-state index in [1.54, 1.807) is 13.3 Å². The van der Waals surface area contributed by atoms with Crippen LogP contribution in [0.2, 0.25) is 0 Å². The van der Waals surface area contributed by atoms with E-state index in [1.807, 2.05) is 30.5 Å². The third-order valence-electron chi connectivity index (χ3n) is 3.43. The third kappa shape index (κ3) is 2.77. The molecule has 102 valence electrons. The molecule has 1 aromatic carbocycles. The topological polar surface area (TPSA) is 42.4 Å². The molecule has 3 nitrogen and oxygen atoms in total. The number of rotatable bonds is 3. The maximum Gasteiger partial charge on any atom is 0.106 e. The fourth-order valence-corrected chi connectivity index (χ4v) is 2.52. The smallest absolute Gasteiger partial charge is 0.106 e. The molecule has 1 N–H and O–H groups in total. The molecule has 0 radical (unpaired) electrons. The molecule has 2 rings (SSSR count). The fraction of sp³-hybridized carbons (Fsp3) is 0.438. The summed E-state index contributed by atoms with van der Waals surface area (Å²) < 4.78 is 5.51. The molecule has 0 aliphatic rings. The van der Waals surface area contributed by atoms with Crippen molar-refractivity contribution >= 4 is 10.8 Å². The van der Waals surface area contributed by atoms with E-state index in [2.05, 4.69) is 25.8 Å². The SMILES string of the molecule is COC(C(O)c1cccc2cnccc12)C(C)(C)C. The first-order chi connectivity index (χ1) is 8.95. The molecule has 0 bridgehead atoms. The van der Waals surface area contributed by atoms with Crippen LogP contribution in [0.5, 0.6) is 0 Å². The fourth-order valence-electron chi connectivity index (χ4n) is 2.52. The van der Waals surface area contributed by atoms with Gasteiger partial charge in [-0.2, -0.15) is 0 Å². The highest BCUT2D eigenvalue weighted by molar-refractivity contribution is 5.85. The van der Waals surface area contributed by atoms with Crippen molar-refractivity contribution in [2.45, 2.75) is 33.0 Å². The van der Waals surface area contributed by atoms with Gasteiger partial charge in [-0.1, -0.05) is 39.0 Å². The molecule has 19 heavy (non-hydrogen) atoms. The van der Waals surface area contributed by atoms with Gasteiger partial charge in [-0.15, -0.1) is 0 Å². The summed E-state index contributed by atoms with van der Waals surface area (Å²) in [6, 6.07) is 7.82. The lowest BCUT2D eigenvalue weighted by Gasteiger charge is -2.33. The first-order valence-electron chi connectivity index (χ1n) is 6.48. The number of fused-ring (bicyclic) bond motifs is 1. The van der Waals surface area contributed by atoms with Crippen molar-refractivity contribution in [2.24, 2.45) is 5.41 Å². The van der Waals surface area contributed by atoms with Crippen LogP contribution in [-0.4, -0.2) is 23.3 Å². The second-order valence-corrected chi connectivity index (χ2v) is 5.91. The lowest BCUT2D eigenvalue weighted by Crippen LogP contribution is -2.34. The van der Waals surface area contributed by atoms with Gasteiger partial charge in [0.25, 0.3) is 0 Å². The van der Waals surface area contributed by atoms with Crippen molar-refractivity contribution in [3.05, 3.63) is 42.2 Å². The van der Waals surface area contributed by atoms with Crippen LogP contribution >= 0.6 is 0 Å². The van der Waals surface area contributed by atoms with E-state index < -0.39 is 6.10 Å². The van der Waals surface area contributed by atoms with Crippen molar-refractivity contribution in [1.82, 2.24) is 4.98 Å². The quantitative estimate of drug-likeness (QED) is 0.919. The molecular formula is C16H21NO2. The number of aliphatic hydroxyl groups excluding tert-OH is 1. The van der Waals surface area contributed by atoms with Gasteiger partial charge in [0.1, 0.15) is 6.10 Å². The normalized spacial score (nSPS) is 15.4. The number of benzene rings is 1. The van der Waals surface area contributed by atoms with Crippen LogP contribution in [0.15, 0.2) is 36.7 Å². The van der Waals surface area contributed by atoms with Gasteiger partial charge in [0.2, 0.25) is 0 Å². The van der Waals surface area contributed by atoms with E-state index in [4.69, 9.17) is 4.74 Å². The van der Waals surface area contributed by atoms with Crippen molar-refractivity contribution in [3.63, 3.8) is 0 Å². The summed E-state index contributed by atoms with van der Waals surface area (Å²) >= 11 is 0. The van der Waals surface area contributed by atoms with Crippen LogP contribution in [0.1, 0.15) is 32.4 Å². The minimum Gasteiger partial charge on any atom is -0.386 e. The highest BCUT2D eigenvalue weighted by Gasteiger charge is 2.32. The number of nitrogens with zero attached hydrogens (tertiary/aromatic N) is 1. The van der Waals surface area contributed by atoms with E-state index in [1.165, 1.54) is 0 Å². The highest BCUT2D eigenvalue weighted by Crippen LogP contribution is 2.35. The average molecular weight is 259 g/mol. The van der Waals surface area contributed by atoms with E-state index in [0.717, 1.165) is 16.3 Å². The van der Waals surface area contributed by atoms with Gasteiger partial charge in [-0.25, -0.2) is 0 Å². The summed E-state index contributed by atoms with van der Waals surface area (Å²) in [6.45, 7) is 6.20. The van der Waals surface area contributed by atoms with Crippen molar-refractivity contribution < 1.29 is 9.84 Å². The zero-order valence-electron chi connectivity index (χ0n) is 11.9. The average Bonchev–Trinajstić information content (AvgIpc) is 2.37.